The van der Waals surface area contributed by atoms with Crippen LogP contribution in [0.5, 0.6) is 11.5 Å². The molecule has 31 heavy (non-hydrogen) atoms. The number of hydrogen-bond acceptors (Lipinski definition) is 5. The van der Waals surface area contributed by atoms with E-state index in [0.29, 0.717) is 6.61 Å². The van der Waals surface area contributed by atoms with E-state index in [1.807, 2.05) is 71.8 Å². The minimum absolute atomic E-state index is 0.0169. The van der Waals surface area contributed by atoms with Crippen molar-refractivity contribution in [3.05, 3.63) is 81.8 Å². The summed E-state index contributed by atoms with van der Waals surface area (Å²) in [6.07, 6.45) is 5.46. The number of aryl methyl sites for hydroxylation is 1. The standard InChI is InChI=1S/C25H26N2O3S/c1-18-26-21(17-31-18)16-30-24-8-4-3-6-20(24)11-14-25(28)27-15-5-7-23(27)19-9-12-22(29-2)13-10-19/h3-4,6,8-14,17,23H,5,7,15-16H2,1-2H3/b14-11+. The molecule has 1 fully saturated rings. The molecular weight excluding hydrogens is 408 g/mol. The molecule has 1 aliphatic heterocycles. The zero-order valence-electron chi connectivity index (χ0n) is 17.8. The largest absolute Gasteiger partial charge is 0.497 e. The van der Waals surface area contributed by atoms with E-state index in [1.54, 1.807) is 24.5 Å². The Hall–Kier alpha value is -3.12. The zero-order valence-corrected chi connectivity index (χ0v) is 18.6. The summed E-state index contributed by atoms with van der Waals surface area (Å²) in [6, 6.07) is 15.8. The number of likely N-dealkylation sites (tertiary alicyclic amines) is 1. The van der Waals surface area contributed by atoms with Gasteiger partial charge < -0.3 is 14.4 Å². The molecule has 2 heterocycles. The Bertz CT molecular complexity index is 1060. The van der Waals surface area contributed by atoms with Crippen LogP contribution < -0.4 is 9.47 Å². The molecule has 160 valence electrons. The molecular formula is C25H26N2O3S. The number of hydrogen-bond donors (Lipinski definition) is 0. The fourth-order valence-corrected chi connectivity index (χ4v) is 4.43. The number of methoxy groups -OCH3 is 1. The molecule has 1 aliphatic rings. The van der Waals surface area contributed by atoms with Gasteiger partial charge in [0.05, 0.1) is 23.9 Å². The highest BCUT2D eigenvalue weighted by Gasteiger charge is 2.28. The van der Waals surface area contributed by atoms with Gasteiger partial charge >= 0.3 is 0 Å². The number of carbonyl (C=O) groups excluding carboxylic acids is 1. The minimum Gasteiger partial charge on any atom is -0.497 e. The maximum Gasteiger partial charge on any atom is 0.247 e. The lowest BCUT2D eigenvalue weighted by molar-refractivity contribution is -0.126. The van der Waals surface area contributed by atoms with Crippen LogP contribution in [0.1, 0.15) is 40.7 Å². The van der Waals surface area contributed by atoms with E-state index in [1.165, 1.54) is 0 Å². The molecule has 1 saturated heterocycles. The van der Waals surface area contributed by atoms with Crippen LogP contribution in [-0.2, 0) is 11.4 Å². The second-order valence-corrected chi connectivity index (χ2v) is 8.54. The summed E-state index contributed by atoms with van der Waals surface area (Å²) in [4.78, 5) is 19.4. The van der Waals surface area contributed by atoms with Crippen molar-refractivity contribution >= 4 is 23.3 Å². The van der Waals surface area contributed by atoms with Crippen molar-refractivity contribution in [2.45, 2.75) is 32.4 Å². The second-order valence-electron chi connectivity index (χ2n) is 7.48. The van der Waals surface area contributed by atoms with Gasteiger partial charge in [0.1, 0.15) is 18.1 Å². The smallest absolute Gasteiger partial charge is 0.247 e. The van der Waals surface area contributed by atoms with Gasteiger partial charge in [0.25, 0.3) is 0 Å². The van der Waals surface area contributed by atoms with Crippen molar-refractivity contribution < 1.29 is 14.3 Å². The highest BCUT2D eigenvalue weighted by molar-refractivity contribution is 7.09. The van der Waals surface area contributed by atoms with E-state index < -0.39 is 0 Å². The SMILES string of the molecule is COc1ccc(C2CCCN2C(=O)/C=C/c2ccccc2OCc2csc(C)n2)cc1. The molecule has 0 spiro atoms. The summed E-state index contributed by atoms with van der Waals surface area (Å²) in [5.41, 5.74) is 2.93. The lowest BCUT2D eigenvalue weighted by atomic mass is 10.0. The Morgan fingerprint density at radius 1 is 1.23 bits per heavy atom. The molecule has 0 aliphatic carbocycles. The van der Waals surface area contributed by atoms with Gasteiger partial charge in [-0.2, -0.15) is 0 Å². The summed E-state index contributed by atoms with van der Waals surface area (Å²) in [5.74, 6) is 1.58. The molecule has 0 N–H and O–H groups in total. The molecule has 1 aromatic heterocycles. The Labute approximate surface area is 187 Å². The maximum absolute atomic E-state index is 13.0. The van der Waals surface area contributed by atoms with Crippen molar-refractivity contribution in [1.29, 1.82) is 0 Å². The average molecular weight is 435 g/mol. The maximum atomic E-state index is 13.0. The first-order chi connectivity index (χ1) is 15.1. The van der Waals surface area contributed by atoms with Crippen LogP contribution in [0.15, 0.2) is 60.0 Å². The van der Waals surface area contributed by atoms with Crippen LogP contribution in [0, 0.1) is 6.92 Å². The molecule has 2 aromatic carbocycles. The van der Waals surface area contributed by atoms with Gasteiger partial charge in [-0.3, -0.25) is 4.79 Å². The third kappa shape index (κ3) is 5.14. The van der Waals surface area contributed by atoms with Crippen molar-refractivity contribution in [3.8, 4) is 11.5 Å². The van der Waals surface area contributed by atoms with E-state index >= 15 is 0 Å². The van der Waals surface area contributed by atoms with Gasteiger partial charge in [-0.1, -0.05) is 30.3 Å². The summed E-state index contributed by atoms with van der Waals surface area (Å²) < 4.78 is 11.2. The summed E-state index contributed by atoms with van der Waals surface area (Å²) in [7, 11) is 1.66. The highest BCUT2D eigenvalue weighted by atomic mass is 32.1. The van der Waals surface area contributed by atoms with Crippen molar-refractivity contribution in [1.82, 2.24) is 9.88 Å². The number of rotatable bonds is 7. The van der Waals surface area contributed by atoms with E-state index in [9.17, 15) is 4.79 Å². The number of aromatic nitrogens is 1. The Morgan fingerprint density at radius 3 is 2.77 bits per heavy atom. The Kier molecular flexibility index (Phi) is 6.67. The first kappa shape index (κ1) is 21.1. The third-order valence-corrected chi connectivity index (χ3v) is 6.23. The predicted molar refractivity (Wildman–Crippen MR) is 123 cm³/mol. The fraction of sp³-hybridized carbons (Fsp3) is 0.280. The molecule has 0 radical (unpaired) electrons. The monoisotopic (exact) mass is 434 g/mol. The molecule has 1 unspecified atom stereocenters. The van der Waals surface area contributed by atoms with Gasteiger partial charge in [-0.25, -0.2) is 4.98 Å². The Balaban J connectivity index is 1.44. The number of para-hydroxylation sites is 1. The molecule has 1 atom stereocenters. The third-order valence-electron chi connectivity index (χ3n) is 5.40. The second kappa shape index (κ2) is 9.79. The molecule has 4 rings (SSSR count). The fourth-order valence-electron chi connectivity index (χ4n) is 3.84. The van der Waals surface area contributed by atoms with Gasteiger partial charge in [0.2, 0.25) is 5.91 Å². The lowest BCUT2D eigenvalue weighted by Gasteiger charge is -2.24. The topological polar surface area (TPSA) is 51.7 Å². The molecule has 6 heteroatoms. The normalized spacial score (nSPS) is 16.1. The highest BCUT2D eigenvalue weighted by Crippen LogP contribution is 2.33. The molecule has 5 nitrogen and oxygen atoms in total. The number of ether oxygens (including phenoxy) is 2. The number of amides is 1. The number of thiazole rings is 1. The Morgan fingerprint density at radius 2 is 2.03 bits per heavy atom. The van der Waals surface area contributed by atoms with Crippen LogP contribution in [-0.4, -0.2) is 29.4 Å². The molecule has 1 amide bonds. The van der Waals surface area contributed by atoms with Crippen LogP contribution in [0.3, 0.4) is 0 Å². The lowest BCUT2D eigenvalue weighted by Crippen LogP contribution is -2.28. The quantitative estimate of drug-likeness (QED) is 0.466. The average Bonchev–Trinajstić information content (AvgIpc) is 3.46. The van der Waals surface area contributed by atoms with E-state index in [-0.39, 0.29) is 11.9 Å². The minimum atomic E-state index is 0.0169. The van der Waals surface area contributed by atoms with E-state index in [0.717, 1.165) is 52.7 Å². The first-order valence-corrected chi connectivity index (χ1v) is 11.3. The van der Waals surface area contributed by atoms with Gasteiger partial charge in [-0.15, -0.1) is 11.3 Å². The van der Waals surface area contributed by atoms with Gasteiger partial charge in [0, 0.05) is 23.6 Å². The van der Waals surface area contributed by atoms with E-state index in [2.05, 4.69) is 4.98 Å². The predicted octanol–water partition coefficient (Wildman–Crippen LogP) is 5.42. The van der Waals surface area contributed by atoms with E-state index in [4.69, 9.17) is 9.47 Å². The number of benzene rings is 2. The van der Waals surface area contributed by atoms with Crippen LogP contribution in [0.4, 0.5) is 0 Å². The molecule has 3 aromatic rings. The van der Waals surface area contributed by atoms with Gasteiger partial charge in [0.15, 0.2) is 0 Å². The summed E-state index contributed by atoms with van der Waals surface area (Å²) in [5, 5.41) is 3.03. The number of nitrogens with zero attached hydrogens (tertiary/aromatic N) is 2. The summed E-state index contributed by atoms with van der Waals surface area (Å²) >= 11 is 1.61. The zero-order chi connectivity index (χ0) is 21.6. The van der Waals surface area contributed by atoms with Crippen molar-refractivity contribution in [2.75, 3.05) is 13.7 Å². The van der Waals surface area contributed by atoms with Crippen molar-refractivity contribution in [3.63, 3.8) is 0 Å². The van der Waals surface area contributed by atoms with Gasteiger partial charge in [-0.05, 0) is 49.6 Å². The van der Waals surface area contributed by atoms with Crippen LogP contribution in [0.25, 0.3) is 6.08 Å². The molecule has 0 saturated carbocycles. The molecule has 0 bridgehead atoms. The summed E-state index contributed by atoms with van der Waals surface area (Å²) in [6.45, 7) is 3.16. The van der Waals surface area contributed by atoms with Crippen LogP contribution in [0.2, 0.25) is 0 Å². The number of carbonyl (C=O) groups is 1. The van der Waals surface area contributed by atoms with Crippen molar-refractivity contribution in [2.24, 2.45) is 0 Å². The van der Waals surface area contributed by atoms with Crippen LogP contribution >= 0.6 is 11.3 Å². The first-order valence-electron chi connectivity index (χ1n) is 10.4.